The lowest BCUT2D eigenvalue weighted by Crippen LogP contribution is -2.29. The molecule has 4 nitrogen and oxygen atoms in total. The molecule has 2 amide bonds. The van der Waals surface area contributed by atoms with Crippen LogP contribution >= 0.6 is 0 Å². The Labute approximate surface area is 109 Å². The van der Waals surface area contributed by atoms with Gasteiger partial charge in [0.25, 0.3) is 0 Å². The Morgan fingerprint density at radius 1 is 1.22 bits per heavy atom. The maximum absolute atomic E-state index is 11.6. The Kier molecular flexibility index (Phi) is 6.84. The van der Waals surface area contributed by atoms with E-state index in [1.807, 2.05) is 19.1 Å². The Bertz CT molecular complexity index is 366. The van der Waals surface area contributed by atoms with Gasteiger partial charge in [-0.1, -0.05) is 39.2 Å². The van der Waals surface area contributed by atoms with Crippen molar-refractivity contribution in [3.05, 3.63) is 23.9 Å². The largest absolute Gasteiger partial charge is 0.338 e. The zero-order valence-electron chi connectivity index (χ0n) is 11.3. The van der Waals surface area contributed by atoms with Gasteiger partial charge in [0.05, 0.1) is 0 Å². The summed E-state index contributed by atoms with van der Waals surface area (Å²) in [7, 11) is 0. The van der Waals surface area contributed by atoms with Crippen LogP contribution in [-0.4, -0.2) is 17.6 Å². The van der Waals surface area contributed by atoms with Gasteiger partial charge in [-0.2, -0.15) is 0 Å². The first kappa shape index (κ1) is 14.5. The highest BCUT2D eigenvalue weighted by Crippen LogP contribution is 2.05. The van der Waals surface area contributed by atoms with Crippen molar-refractivity contribution >= 4 is 11.8 Å². The van der Waals surface area contributed by atoms with E-state index in [1.165, 1.54) is 19.3 Å². The van der Waals surface area contributed by atoms with Crippen LogP contribution in [0.2, 0.25) is 0 Å². The van der Waals surface area contributed by atoms with Gasteiger partial charge < -0.3 is 5.32 Å². The molecule has 0 aliphatic carbocycles. The van der Waals surface area contributed by atoms with Gasteiger partial charge in [0.2, 0.25) is 0 Å². The van der Waals surface area contributed by atoms with Crippen LogP contribution in [0.15, 0.2) is 18.2 Å². The monoisotopic (exact) mass is 249 g/mol. The molecule has 0 spiro atoms. The average Bonchev–Trinajstić information content (AvgIpc) is 2.38. The van der Waals surface area contributed by atoms with Crippen LogP contribution in [0.3, 0.4) is 0 Å². The van der Waals surface area contributed by atoms with Crippen molar-refractivity contribution in [1.29, 1.82) is 0 Å². The number of aromatic nitrogens is 1. The Hall–Kier alpha value is -1.58. The molecular formula is C14H23N3O. The van der Waals surface area contributed by atoms with Gasteiger partial charge in [0.1, 0.15) is 5.82 Å². The topological polar surface area (TPSA) is 54.0 Å². The molecule has 0 radical (unpaired) electrons. The SMILES string of the molecule is CCCCCCNC(=O)Nc1cccc(CC)n1. The minimum atomic E-state index is -0.174. The molecule has 0 fully saturated rings. The molecule has 2 N–H and O–H groups in total. The summed E-state index contributed by atoms with van der Waals surface area (Å²) in [5, 5.41) is 5.58. The van der Waals surface area contributed by atoms with Gasteiger partial charge in [0.15, 0.2) is 0 Å². The van der Waals surface area contributed by atoms with E-state index in [2.05, 4.69) is 22.5 Å². The zero-order chi connectivity index (χ0) is 13.2. The van der Waals surface area contributed by atoms with E-state index in [-0.39, 0.29) is 6.03 Å². The van der Waals surface area contributed by atoms with Crippen LogP contribution in [0.25, 0.3) is 0 Å². The number of amides is 2. The molecule has 1 aromatic rings. The second-order valence-corrected chi connectivity index (χ2v) is 4.31. The van der Waals surface area contributed by atoms with E-state index < -0.39 is 0 Å². The predicted molar refractivity (Wildman–Crippen MR) is 74.8 cm³/mol. The van der Waals surface area contributed by atoms with Crippen molar-refractivity contribution in [2.75, 3.05) is 11.9 Å². The van der Waals surface area contributed by atoms with Crippen molar-refractivity contribution in [3.63, 3.8) is 0 Å². The molecule has 1 aromatic heterocycles. The minimum Gasteiger partial charge on any atom is -0.338 e. The molecular weight excluding hydrogens is 226 g/mol. The summed E-state index contributed by atoms with van der Waals surface area (Å²) in [4.78, 5) is 15.9. The number of urea groups is 1. The van der Waals surface area contributed by atoms with Crippen molar-refractivity contribution in [2.24, 2.45) is 0 Å². The first-order chi connectivity index (χ1) is 8.76. The highest BCUT2D eigenvalue weighted by Gasteiger charge is 2.02. The highest BCUT2D eigenvalue weighted by atomic mass is 16.2. The average molecular weight is 249 g/mol. The first-order valence-corrected chi connectivity index (χ1v) is 6.77. The number of anilines is 1. The van der Waals surface area contributed by atoms with Crippen LogP contribution in [0.5, 0.6) is 0 Å². The third-order valence-electron chi connectivity index (χ3n) is 2.73. The fourth-order valence-corrected chi connectivity index (χ4v) is 1.66. The second kappa shape index (κ2) is 8.50. The fraction of sp³-hybridized carbons (Fsp3) is 0.571. The number of pyridine rings is 1. The second-order valence-electron chi connectivity index (χ2n) is 4.31. The molecule has 0 bridgehead atoms. The van der Waals surface area contributed by atoms with E-state index in [4.69, 9.17) is 0 Å². The summed E-state index contributed by atoms with van der Waals surface area (Å²) < 4.78 is 0. The molecule has 0 aliphatic rings. The molecule has 0 aromatic carbocycles. The molecule has 100 valence electrons. The predicted octanol–water partition coefficient (Wildman–Crippen LogP) is 3.35. The van der Waals surface area contributed by atoms with Crippen molar-refractivity contribution in [2.45, 2.75) is 46.0 Å². The zero-order valence-corrected chi connectivity index (χ0v) is 11.3. The highest BCUT2D eigenvalue weighted by molar-refractivity contribution is 5.88. The lowest BCUT2D eigenvalue weighted by molar-refractivity contribution is 0.252. The number of carbonyl (C=O) groups excluding carboxylic acids is 1. The van der Waals surface area contributed by atoms with E-state index in [1.54, 1.807) is 6.07 Å². The molecule has 1 rings (SSSR count). The number of rotatable bonds is 7. The Balaban J connectivity index is 2.26. The lowest BCUT2D eigenvalue weighted by atomic mass is 10.2. The number of hydrogen-bond donors (Lipinski definition) is 2. The molecule has 0 unspecified atom stereocenters. The summed E-state index contributed by atoms with van der Waals surface area (Å²) in [5.41, 5.74) is 0.982. The molecule has 1 heterocycles. The van der Waals surface area contributed by atoms with Crippen molar-refractivity contribution < 1.29 is 4.79 Å². The first-order valence-electron chi connectivity index (χ1n) is 6.77. The van der Waals surface area contributed by atoms with Gasteiger partial charge in [-0.3, -0.25) is 5.32 Å². The van der Waals surface area contributed by atoms with Gasteiger partial charge in [0, 0.05) is 12.2 Å². The van der Waals surface area contributed by atoms with Crippen LogP contribution < -0.4 is 10.6 Å². The molecule has 0 saturated carbocycles. The number of nitrogens with one attached hydrogen (secondary N) is 2. The Morgan fingerprint density at radius 3 is 2.78 bits per heavy atom. The molecule has 4 heteroatoms. The number of nitrogens with zero attached hydrogens (tertiary/aromatic N) is 1. The molecule has 0 aliphatic heterocycles. The summed E-state index contributed by atoms with van der Waals surface area (Å²) in [6, 6.07) is 5.49. The van der Waals surface area contributed by atoms with Crippen LogP contribution in [0.4, 0.5) is 10.6 Å². The van der Waals surface area contributed by atoms with Crippen LogP contribution in [-0.2, 0) is 6.42 Å². The minimum absolute atomic E-state index is 0.174. The molecule has 0 saturated heterocycles. The maximum atomic E-state index is 11.6. The van der Waals surface area contributed by atoms with E-state index >= 15 is 0 Å². The number of unbranched alkanes of at least 4 members (excludes halogenated alkanes) is 3. The van der Waals surface area contributed by atoms with Gasteiger partial charge in [-0.15, -0.1) is 0 Å². The standard InChI is InChI=1S/C14H23N3O/c1-3-5-6-7-11-15-14(18)17-13-10-8-9-12(4-2)16-13/h8-10H,3-7,11H2,1-2H3,(H2,15,16,17,18). The number of aryl methyl sites for hydroxylation is 1. The van der Waals surface area contributed by atoms with Crippen LogP contribution in [0.1, 0.15) is 45.2 Å². The Morgan fingerprint density at radius 2 is 2.06 bits per heavy atom. The summed E-state index contributed by atoms with van der Waals surface area (Å²) >= 11 is 0. The lowest BCUT2D eigenvalue weighted by Gasteiger charge is -2.07. The number of carbonyl (C=O) groups is 1. The third-order valence-corrected chi connectivity index (χ3v) is 2.73. The van der Waals surface area contributed by atoms with E-state index in [0.717, 1.165) is 25.1 Å². The molecule has 0 atom stereocenters. The summed E-state index contributed by atoms with van der Waals surface area (Å²) in [5.74, 6) is 0.611. The third kappa shape index (κ3) is 5.66. The van der Waals surface area contributed by atoms with Gasteiger partial charge in [-0.05, 0) is 25.0 Å². The van der Waals surface area contributed by atoms with E-state index in [9.17, 15) is 4.79 Å². The molecule has 18 heavy (non-hydrogen) atoms. The van der Waals surface area contributed by atoms with Gasteiger partial charge >= 0.3 is 6.03 Å². The van der Waals surface area contributed by atoms with Crippen LogP contribution in [0, 0.1) is 0 Å². The fourth-order valence-electron chi connectivity index (χ4n) is 1.66. The van der Waals surface area contributed by atoms with Crippen molar-refractivity contribution in [1.82, 2.24) is 10.3 Å². The maximum Gasteiger partial charge on any atom is 0.320 e. The summed E-state index contributed by atoms with van der Waals surface area (Å²) in [6.45, 7) is 4.94. The number of hydrogen-bond acceptors (Lipinski definition) is 2. The normalized spacial score (nSPS) is 10.1. The smallest absolute Gasteiger partial charge is 0.320 e. The van der Waals surface area contributed by atoms with Crippen molar-refractivity contribution in [3.8, 4) is 0 Å². The summed E-state index contributed by atoms with van der Waals surface area (Å²) in [6.07, 6.45) is 5.50. The van der Waals surface area contributed by atoms with E-state index in [0.29, 0.717) is 5.82 Å². The quantitative estimate of drug-likeness (QED) is 0.728. The van der Waals surface area contributed by atoms with Gasteiger partial charge in [-0.25, -0.2) is 9.78 Å².